The highest BCUT2D eigenvalue weighted by molar-refractivity contribution is 6.05. The van der Waals surface area contributed by atoms with Crippen molar-refractivity contribution in [1.82, 2.24) is 0 Å². The van der Waals surface area contributed by atoms with E-state index in [1.54, 1.807) is 36.4 Å². The first kappa shape index (κ1) is 29.4. The van der Waals surface area contributed by atoms with E-state index in [0.29, 0.717) is 62.6 Å². The number of amides is 1. The summed E-state index contributed by atoms with van der Waals surface area (Å²) in [4.78, 5) is 24.9. The molecule has 2 N–H and O–H groups in total. The molecule has 0 fully saturated rings. The average Bonchev–Trinajstić information content (AvgIpc) is 2.99. The maximum Gasteiger partial charge on any atom is 0.247 e. The molecule has 10 heteroatoms. The molecule has 0 saturated carbocycles. The topological polar surface area (TPSA) is 114 Å². The summed E-state index contributed by atoms with van der Waals surface area (Å²) >= 11 is 0. The van der Waals surface area contributed by atoms with Crippen molar-refractivity contribution in [3.8, 4) is 45.6 Å². The van der Waals surface area contributed by atoms with Crippen molar-refractivity contribution in [1.29, 1.82) is 0 Å². The van der Waals surface area contributed by atoms with Gasteiger partial charge in [0, 0.05) is 23.9 Å². The van der Waals surface area contributed by atoms with Crippen molar-refractivity contribution in [2.45, 2.75) is 0 Å². The van der Waals surface area contributed by atoms with E-state index >= 15 is 0 Å². The molecule has 0 radical (unpaired) electrons. The second kappa shape index (κ2) is 13.6. The van der Waals surface area contributed by atoms with Crippen LogP contribution >= 0.6 is 0 Å². The summed E-state index contributed by atoms with van der Waals surface area (Å²) in [6.07, 6.45) is 4.05. The van der Waals surface area contributed by atoms with Gasteiger partial charge in [-0.05, 0) is 42.0 Å². The summed E-state index contributed by atoms with van der Waals surface area (Å²) in [5.41, 5.74) is 2.54. The summed E-state index contributed by atoms with van der Waals surface area (Å²) in [5, 5.41) is 5.85. The number of rotatable bonds is 13. The molecule has 0 bridgehead atoms. The van der Waals surface area contributed by atoms with Crippen LogP contribution in [0.4, 0.5) is 11.4 Å². The van der Waals surface area contributed by atoms with E-state index in [1.807, 2.05) is 6.07 Å². The van der Waals surface area contributed by atoms with Crippen molar-refractivity contribution in [3.63, 3.8) is 0 Å². The van der Waals surface area contributed by atoms with Crippen LogP contribution in [0.25, 0.3) is 11.1 Å². The third-order valence-corrected chi connectivity index (χ3v) is 5.92. The molecule has 3 rings (SSSR count). The molecule has 0 heterocycles. The number of ether oxygens (including phenoxy) is 6. The lowest BCUT2D eigenvalue weighted by molar-refractivity contribution is -0.111. The van der Waals surface area contributed by atoms with Gasteiger partial charge in [0.1, 0.15) is 22.9 Å². The fourth-order valence-electron chi connectivity index (χ4n) is 3.97. The normalized spacial score (nSPS) is 10.4. The number of methoxy groups -OCH3 is 6. The highest BCUT2D eigenvalue weighted by Crippen LogP contribution is 2.49. The van der Waals surface area contributed by atoms with Crippen molar-refractivity contribution in [3.05, 3.63) is 73.0 Å². The highest BCUT2D eigenvalue weighted by atomic mass is 16.5. The Bertz CT molecular complexity index is 1430. The molecule has 0 unspecified atom stereocenters. The van der Waals surface area contributed by atoms with E-state index in [-0.39, 0.29) is 5.78 Å². The lowest BCUT2D eigenvalue weighted by Gasteiger charge is -2.21. The Hall–Kier alpha value is -5.12. The van der Waals surface area contributed by atoms with E-state index in [9.17, 15) is 9.59 Å². The Kier molecular flexibility index (Phi) is 10.0. The predicted molar refractivity (Wildman–Crippen MR) is 154 cm³/mol. The van der Waals surface area contributed by atoms with Crippen molar-refractivity contribution >= 4 is 23.1 Å². The maximum absolute atomic E-state index is 12.8. The minimum Gasteiger partial charge on any atom is -0.496 e. The fraction of sp³-hybridized carbons (Fsp3) is 0.200. The van der Waals surface area contributed by atoms with E-state index in [1.165, 1.54) is 54.9 Å². The number of hydrogen-bond acceptors (Lipinski definition) is 9. The van der Waals surface area contributed by atoms with Crippen molar-refractivity contribution < 1.29 is 38.0 Å². The monoisotopic (exact) mass is 548 g/mol. The van der Waals surface area contributed by atoms with Crippen LogP contribution in [-0.4, -0.2) is 54.3 Å². The highest BCUT2D eigenvalue weighted by Gasteiger charge is 2.23. The van der Waals surface area contributed by atoms with Gasteiger partial charge in [-0.15, -0.1) is 0 Å². The molecular formula is C30H32N2O8. The molecule has 0 atom stereocenters. The molecule has 3 aromatic rings. The van der Waals surface area contributed by atoms with Gasteiger partial charge in [0.2, 0.25) is 5.91 Å². The average molecular weight is 549 g/mol. The third kappa shape index (κ3) is 6.29. The molecular weight excluding hydrogens is 516 g/mol. The zero-order chi connectivity index (χ0) is 29.2. The number of benzene rings is 3. The van der Waals surface area contributed by atoms with Gasteiger partial charge in [-0.25, -0.2) is 0 Å². The molecule has 210 valence electrons. The number of nitrogens with one attached hydrogen (secondary N) is 2. The Morgan fingerprint density at radius 3 is 1.98 bits per heavy atom. The largest absolute Gasteiger partial charge is 0.496 e. The first-order valence-electron chi connectivity index (χ1n) is 12.0. The van der Waals surface area contributed by atoms with Crippen LogP contribution in [0.3, 0.4) is 0 Å². The first-order chi connectivity index (χ1) is 19.3. The Labute approximate surface area is 233 Å². The molecule has 3 aromatic carbocycles. The lowest BCUT2D eigenvalue weighted by atomic mass is 10.00. The first-order valence-corrected chi connectivity index (χ1v) is 12.0. The van der Waals surface area contributed by atoms with Gasteiger partial charge >= 0.3 is 0 Å². The second-order valence-electron chi connectivity index (χ2n) is 8.08. The van der Waals surface area contributed by atoms with Gasteiger partial charge in [0.05, 0.1) is 53.9 Å². The smallest absolute Gasteiger partial charge is 0.247 e. The second-order valence-corrected chi connectivity index (χ2v) is 8.08. The molecule has 0 aliphatic heterocycles. The number of ketones is 1. The Balaban J connectivity index is 2.02. The van der Waals surface area contributed by atoms with Crippen LogP contribution in [0.15, 0.2) is 67.4 Å². The lowest BCUT2D eigenvalue weighted by Crippen LogP contribution is -2.11. The molecule has 0 aliphatic carbocycles. The molecule has 0 aromatic heterocycles. The molecule has 40 heavy (non-hydrogen) atoms. The summed E-state index contributed by atoms with van der Waals surface area (Å²) in [7, 11) is 9.04. The summed E-state index contributed by atoms with van der Waals surface area (Å²) < 4.78 is 32.9. The SMILES string of the molecule is C=CC(=O)Nc1c(OC)cc(OC)c(-c2ccc(OC)c(N/C=C/C(=O)c3ccc(OC)c(OC)c3)c2)c1OC. The Morgan fingerprint density at radius 2 is 1.38 bits per heavy atom. The molecule has 0 aliphatic rings. The zero-order valence-electron chi connectivity index (χ0n) is 23.2. The van der Waals surface area contributed by atoms with Crippen LogP contribution in [0.2, 0.25) is 0 Å². The standard InChI is InChI=1S/C30H32N2O8/c1-8-27(34)32-29-26(39-6)17-25(38-5)28(30(29)40-7)19-10-11-22(35-2)20(15-19)31-14-13-21(33)18-9-12-23(36-3)24(16-18)37-4/h8-17,31H,1H2,2-7H3,(H,32,34)/b14-13+. The van der Waals surface area contributed by atoms with E-state index < -0.39 is 5.91 Å². The summed E-state index contributed by atoms with van der Waals surface area (Å²) in [6.45, 7) is 3.51. The number of hydrogen-bond donors (Lipinski definition) is 2. The van der Waals surface area contributed by atoms with Crippen LogP contribution < -0.4 is 39.1 Å². The number of allylic oxidation sites excluding steroid dienone is 1. The van der Waals surface area contributed by atoms with Gasteiger partial charge in [-0.3, -0.25) is 9.59 Å². The van der Waals surface area contributed by atoms with E-state index in [4.69, 9.17) is 28.4 Å². The van der Waals surface area contributed by atoms with Crippen LogP contribution in [0.5, 0.6) is 34.5 Å². The number of carbonyl (C=O) groups is 2. The quantitative estimate of drug-likeness (QED) is 0.216. The van der Waals surface area contributed by atoms with E-state index in [0.717, 1.165) is 6.08 Å². The fourth-order valence-corrected chi connectivity index (χ4v) is 3.97. The minimum atomic E-state index is -0.436. The number of carbonyl (C=O) groups excluding carboxylic acids is 2. The molecule has 0 saturated heterocycles. The Morgan fingerprint density at radius 1 is 0.725 bits per heavy atom. The third-order valence-electron chi connectivity index (χ3n) is 5.92. The van der Waals surface area contributed by atoms with Crippen LogP contribution in [-0.2, 0) is 4.79 Å². The van der Waals surface area contributed by atoms with Gasteiger partial charge in [0.15, 0.2) is 23.0 Å². The van der Waals surface area contributed by atoms with Gasteiger partial charge in [-0.1, -0.05) is 12.6 Å². The summed E-state index contributed by atoms with van der Waals surface area (Å²) in [6, 6.07) is 12.0. The minimum absolute atomic E-state index is 0.246. The van der Waals surface area contributed by atoms with Crippen LogP contribution in [0.1, 0.15) is 10.4 Å². The van der Waals surface area contributed by atoms with Crippen LogP contribution in [0, 0.1) is 0 Å². The predicted octanol–water partition coefficient (Wildman–Crippen LogP) is 5.34. The van der Waals surface area contributed by atoms with Gasteiger partial charge in [-0.2, -0.15) is 0 Å². The zero-order valence-corrected chi connectivity index (χ0v) is 23.2. The molecule has 10 nitrogen and oxygen atoms in total. The van der Waals surface area contributed by atoms with Crippen molar-refractivity contribution in [2.75, 3.05) is 53.3 Å². The van der Waals surface area contributed by atoms with E-state index in [2.05, 4.69) is 17.2 Å². The van der Waals surface area contributed by atoms with Gasteiger partial charge in [0.25, 0.3) is 0 Å². The van der Waals surface area contributed by atoms with Crippen molar-refractivity contribution in [2.24, 2.45) is 0 Å². The number of anilines is 2. The maximum atomic E-state index is 12.8. The molecule has 0 spiro atoms. The molecule has 1 amide bonds. The summed E-state index contributed by atoms with van der Waals surface area (Å²) in [5.74, 6) is 1.94. The van der Waals surface area contributed by atoms with Gasteiger partial charge < -0.3 is 39.1 Å².